The van der Waals surface area contributed by atoms with Crippen LogP contribution in [-0.2, 0) is 9.53 Å². The molecule has 3 heteroatoms. The summed E-state index contributed by atoms with van der Waals surface area (Å²) in [6.45, 7) is 10.6. The first-order valence-corrected chi connectivity index (χ1v) is 4.95. The van der Waals surface area contributed by atoms with E-state index in [0.717, 1.165) is 13.0 Å². The average molecular weight is 199 g/mol. The Morgan fingerprint density at radius 3 is 2.50 bits per heavy atom. The number of hydrogen-bond donors (Lipinski definition) is 0. The van der Waals surface area contributed by atoms with Gasteiger partial charge in [0.25, 0.3) is 5.91 Å². The van der Waals surface area contributed by atoms with Gasteiger partial charge in [-0.25, -0.2) is 0 Å². The molecule has 0 bridgehead atoms. The number of nitrogens with zero attached hydrogens (tertiary/aromatic N) is 1. The number of amides is 1. The first-order valence-electron chi connectivity index (χ1n) is 4.95. The molecule has 0 radical (unpaired) electrons. The van der Waals surface area contributed by atoms with Crippen LogP contribution in [0.5, 0.6) is 0 Å². The van der Waals surface area contributed by atoms with Gasteiger partial charge in [-0.05, 0) is 20.3 Å². The van der Waals surface area contributed by atoms with E-state index in [2.05, 4.69) is 6.58 Å². The van der Waals surface area contributed by atoms with Crippen LogP contribution in [0.2, 0.25) is 0 Å². The molecule has 0 saturated heterocycles. The van der Waals surface area contributed by atoms with Gasteiger partial charge in [-0.3, -0.25) is 4.79 Å². The summed E-state index contributed by atoms with van der Waals surface area (Å²) in [5.41, 5.74) is -0.738. The molecule has 0 fully saturated rings. The summed E-state index contributed by atoms with van der Waals surface area (Å²) < 4.78 is 5.15. The van der Waals surface area contributed by atoms with Gasteiger partial charge in [-0.15, -0.1) is 6.58 Å². The maximum atomic E-state index is 11.9. The highest BCUT2D eigenvalue weighted by Gasteiger charge is 2.30. The van der Waals surface area contributed by atoms with Crippen molar-refractivity contribution in [1.29, 1.82) is 0 Å². The van der Waals surface area contributed by atoms with Gasteiger partial charge in [0.1, 0.15) is 5.60 Å². The molecule has 0 atom stereocenters. The van der Waals surface area contributed by atoms with E-state index in [0.29, 0.717) is 6.54 Å². The Morgan fingerprint density at radius 1 is 1.57 bits per heavy atom. The van der Waals surface area contributed by atoms with Crippen molar-refractivity contribution in [2.45, 2.75) is 32.8 Å². The third-order valence-electron chi connectivity index (χ3n) is 2.16. The largest absolute Gasteiger partial charge is 0.369 e. The Kier molecular flexibility index (Phi) is 5.46. The van der Waals surface area contributed by atoms with Crippen molar-refractivity contribution in [2.24, 2.45) is 0 Å². The van der Waals surface area contributed by atoms with Gasteiger partial charge < -0.3 is 9.64 Å². The molecule has 0 rings (SSSR count). The van der Waals surface area contributed by atoms with Gasteiger partial charge >= 0.3 is 0 Å². The summed E-state index contributed by atoms with van der Waals surface area (Å²) in [6, 6.07) is 0. The van der Waals surface area contributed by atoms with Gasteiger partial charge in [-0.1, -0.05) is 13.0 Å². The molecule has 0 aliphatic carbocycles. The lowest BCUT2D eigenvalue weighted by Crippen LogP contribution is -2.46. The molecule has 14 heavy (non-hydrogen) atoms. The molecule has 82 valence electrons. The minimum absolute atomic E-state index is 0.0155. The van der Waals surface area contributed by atoms with E-state index in [1.165, 1.54) is 0 Å². The zero-order chi connectivity index (χ0) is 11.2. The summed E-state index contributed by atoms with van der Waals surface area (Å²) in [6.07, 6.45) is 2.68. The third kappa shape index (κ3) is 3.50. The Balaban J connectivity index is 4.49. The van der Waals surface area contributed by atoms with Crippen molar-refractivity contribution in [1.82, 2.24) is 4.90 Å². The normalized spacial score (nSPS) is 11.1. The molecule has 0 saturated carbocycles. The van der Waals surface area contributed by atoms with Crippen molar-refractivity contribution in [3.63, 3.8) is 0 Å². The molecule has 0 heterocycles. The van der Waals surface area contributed by atoms with E-state index in [1.807, 2.05) is 6.92 Å². The number of carbonyl (C=O) groups is 1. The van der Waals surface area contributed by atoms with Crippen LogP contribution in [0.25, 0.3) is 0 Å². The fraction of sp³-hybridized carbons (Fsp3) is 0.727. The summed E-state index contributed by atoms with van der Waals surface area (Å²) in [7, 11) is 1.55. The Hall–Kier alpha value is -0.830. The number of rotatable bonds is 6. The van der Waals surface area contributed by atoms with Crippen molar-refractivity contribution in [2.75, 3.05) is 20.2 Å². The summed E-state index contributed by atoms with van der Waals surface area (Å²) in [5.74, 6) is 0.0155. The number of methoxy groups -OCH3 is 1. The summed E-state index contributed by atoms with van der Waals surface area (Å²) >= 11 is 0. The fourth-order valence-corrected chi connectivity index (χ4v) is 1.17. The molecular weight excluding hydrogens is 178 g/mol. The minimum atomic E-state index is -0.738. The van der Waals surface area contributed by atoms with Gasteiger partial charge in [0.2, 0.25) is 0 Å². The van der Waals surface area contributed by atoms with Crippen molar-refractivity contribution >= 4 is 5.91 Å². The molecule has 0 unspecified atom stereocenters. The van der Waals surface area contributed by atoms with Crippen LogP contribution in [0.3, 0.4) is 0 Å². The van der Waals surface area contributed by atoms with Crippen LogP contribution in [0.1, 0.15) is 27.2 Å². The van der Waals surface area contributed by atoms with E-state index in [9.17, 15) is 4.79 Å². The molecule has 0 aliphatic rings. The van der Waals surface area contributed by atoms with Crippen LogP contribution in [0.4, 0.5) is 0 Å². The van der Waals surface area contributed by atoms with Crippen molar-refractivity contribution in [3.8, 4) is 0 Å². The predicted octanol–water partition coefficient (Wildman–Crippen LogP) is 1.84. The molecule has 0 N–H and O–H groups in total. The lowest BCUT2D eigenvalue weighted by molar-refractivity contribution is -0.150. The molecule has 0 aromatic carbocycles. The number of ether oxygens (including phenoxy) is 1. The molecule has 0 spiro atoms. The van der Waals surface area contributed by atoms with E-state index >= 15 is 0 Å². The van der Waals surface area contributed by atoms with E-state index < -0.39 is 5.60 Å². The van der Waals surface area contributed by atoms with E-state index in [-0.39, 0.29) is 5.91 Å². The van der Waals surface area contributed by atoms with Gasteiger partial charge in [0.15, 0.2) is 0 Å². The average Bonchev–Trinajstić information content (AvgIpc) is 2.16. The first kappa shape index (κ1) is 13.2. The quantitative estimate of drug-likeness (QED) is 0.611. The highest BCUT2D eigenvalue weighted by molar-refractivity contribution is 5.84. The van der Waals surface area contributed by atoms with Crippen LogP contribution >= 0.6 is 0 Å². The molecular formula is C11H21NO2. The fourth-order valence-electron chi connectivity index (χ4n) is 1.17. The molecule has 0 aromatic heterocycles. The highest BCUT2D eigenvalue weighted by Crippen LogP contribution is 2.12. The lowest BCUT2D eigenvalue weighted by Gasteiger charge is -2.30. The topological polar surface area (TPSA) is 29.5 Å². The predicted molar refractivity (Wildman–Crippen MR) is 58.2 cm³/mol. The number of carbonyl (C=O) groups excluding carboxylic acids is 1. The Labute approximate surface area is 86.7 Å². The SMILES string of the molecule is C=CCN(CCC)C(=O)C(C)(C)OC. The third-order valence-corrected chi connectivity index (χ3v) is 2.16. The van der Waals surface area contributed by atoms with Crippen LogP contribution < -0.4 is 0 Å². The Bertz CT molecular complexity index is 199. The second-order valence-electron chi connectivity index (χ2n) is 3.75. The maximum Gasteiger partial charge on any atom is 0.254 e. The first-order chi connectivity index (χ1) is 6.49. The van der Waals surface area contributed by atoms with Gasteiger partial charge in [0, 0.05) is 20.2 Å². The maximum absolute atomic E-state index is 11.9. The van der Waals surface area contributed by atoms with Crippen LogP contribution in [-0.4, -0.2) is 36.6 Å². The zero-order valence-electron chi connectivity index (χ0n) is 9.67. The molecule has 0 aliphatic heterocycles. The Morgan fingerprint density at radius 2 is 2.14 bits per heavy atom. The molecule has 0 aromatic rings. The standard InChI is InChI=1S/C11H21NO2/c1-6-8-12(9-7-2)10(13)11(3,4)14-5/h6H,1,7-9H2,2-5H3. The van der Waals surface area contributed by atoms with Crippen LogP contribution in [0, 0.1) is 0 Å². The number of hydrogen-bond acceptors (Lipinski definition) is 2. The zero-order valence-corrected chi connectivity index (χ0v) is 9.67. The minimum Gasteiger partial charge on any atom is -0.369 e. The van der Waals surface area contributed by atoms with E-state index in [4.69, 9.17) is 4.74 Å². The lowest BCUT2D eigenvalue weighted by atomic mass is 10.1. The second-order valence-corrected chi connectivity index (χ2v) is 3.75. The summed E-state index contributed by atoms with van der Waals surface area (Å²) in [4.78, 5) is 13.7. The highest BCUT2D eigenvalue weighted by atomic mass is 16.5. The van der Waals surface area contributed by atoms with Crippen LogP contribution in [0.15, 0.2) is 12.7 Å². The summed E-state index contributed by atoms with van der Waals surface area (Å²) in [5, 5.41) is 0. The second kappa shape index (κ2) is 5.81. The van der Waals surface area contributed by atoms with Gasteiger partial charge in [-0.2, -0.15) is 0 Å². The van der Waals surface area contributed by atoms with Crippen molar-refractivity contribution < 1.29 is 9.53 Å². The molecule has 3 nitrogen and oxygen atoms in total. The van der Waals surface area contributed by atoms with Gasteiger partial charge in [0.05, 0.1) is 0 Å². The van der Waals surface area contributed by atoms with E-state index in [1.54, 1.807) is 31.9 Å². The monoisotopic (exact) mass is 199 g/mol. The smallest absolute Gasteiger partial charge is 0.254 e. The van der Waals surface area contributed by atoms with Crippen molar-refractivity contribution in [3.05, 3.63) is 12.7 Å². The molecule has 1 amide bonds.